The summed E-state index contributed by atoms with van der Waals surface area (Å²) in [6.45, 7) is 0. The van der Waals surface area contributed by atoms with Crippen molar-refractivity contribution in [2.24, 2.45) is 0 Å². The summed E-state index contributed by atoms with van der Waals surface area (Å²) in [6, 6.07) is 7.08. The third-order valence-electron chi connectivity index (χ3n) is 3.08. The first-order valence-electron chi connectivity index (χ1n) is 5.71. The highest BCUT2D eigenvalue weighted by Gasteiger charge is 2.27. The first-order chi connectivity index (χ1) is 8.66. The summed E-state index contributed by atoms with van der Waals surface area (Å²) in [5.41, 5.74) is 1.84. The standard InChI is InChI=1S/C12H11N3O2S/c16-15(17)10-3-1-2-8(6-10)11-7-13-12(18)14(11)9-4-5-9/h1-3,6-7,9H,4-5H2,(H,13,18). The minimum atomic E-state index is -0.383. The Balaban J connectivity index is 2.12. The largest absolute Gasteiger partial charge is 0.337 e. The van der Waals surface area contributed by atoms with Crippen molar-refractivity contribution in [3.05, 3.63) is 45.3 Å². The number of aromatic amines is 1. The molecule has 1 fully saturated rings. The molecular formula is C12H11N3O2S. The molecule has 3 rings (SSSR count). The molecule has 0 atom stereocenters. The summed E-state index contributed by atoms with van der Waals surface area (Å²) in [5.74, 6) is 0. The van der Waals surface area contributed by atoms with E-state index >= 15 is 0 Å². The molecule has 1 aromatic carbocycles. The maximum atomic E-state index is 10.8. The van der Waals surface area contributed by atoms with Gasteiger partial charge in [-0.15, -0.1) is 0 Å². The number of imidazole rings is 1. The van der Waals surface area contributed by atoms with Crippen LogP contribution in [-0.4, -0.2) is 14.5 Å². The lowest BCUT2D eigenvalue weighted by atomic mass is 10.1. The molecule has 18 heavy (non-hydrogen) atoms. The summed E-state index contributed by atoms with van der Waals surface area (Å²) >= 11 is 5.25. The van der Waals surface area contributed by atoms with Crippen LogP contribution in [0.2, 0.25) is 0 Å². The Labute approximate surface area is 108 Å². The van der Waals surface area contributed by atoms with Gasteiger partial charge in [0.2, 0.25) is 0 Å². The lowest BCUT2D eigenvalue weighted by molar-refractivity contribution is -0.384. The lowest BCUT2D eigenvalue weighted by Gasteiger charge is -2.06. The number of nitrogens with one attached hydrogen (secondary N) is 1. The zero-order valence-electron chi connectivity index (χ0n) is 9.50. The molecule has 0 aliphatic heterocycles. The van der Waals surface area contributed by atoms with Gasteiger partial charge in [0.1, 0.15) is 0 Å². The highest BCUT2D eigenvalue weighted by molar-refractivity contribution is 7.71. The number of nitro groups is 1. The number of rotatable bonds is 3. The fourth-order valence-electron chi connectivity index (χ4n) is 2.08. The molecule has 0 amide bonds. The van der Waals surface area contributed by atoms with Gasteiger partial charge in [-0.2, -0.15) is 0 Å². The second-order valence-electron chi connectivity index (χ2n) is 4.39. The molecule has 2 aromatic rings. The number of non-ortho nitro benzene ring substituents is 1. The quantitative estimate of drug-likeness (QED) is 0.523. The maximum Gasteiger partial charge on any atom is 0.270 e. The smallest absolute Gasteiger partial charge is 0.270 e. The van der Waals surface area contributed by atoms with Gasteiger partial charge in [-0.25, -0.2) is 0 Å². The molecular weight excluding hydrogens is 250 g/mol. The molecule has 92 valence electrons. The molecule has 1 aliphatic rings. The molecule has 0 saturated heterocycles. The van der Waals surface area contributed by atoms with Crippen LogP contribution in [0.1, 0.15) is 18.9 Å². The van der Waals surface area contributed by atoms with E-state index in [1.807, 2.05) is 16.8 Å². The summed E-state index contributed by atoms with van der Waals surface area (Å²) in [6.07, 6.45) is 4.06. The number of aromatic nitrogens is 2. The molecule has 1 N–H and O–H groups in total. The average molecular weight is 261 g/mol. The Hall–Kier alpha value is -1.95. The van der Waals surface area contributed by atoms with Gasteiger partial charge >= 0.3 is 0 Å². The van der Waals surface area contributed by atoms with E-state index in [2.05, 4.69) is 4.98 Å². The average Bonchev–Trinajstić information content (AvgIpc) is 3.12. The van der Waals surface area contributed by atoms with Crippen molar-refractivity contribution in [1.82, 2.24) is 9.55 Å². The van der Waals surface area contributed by atoms with Crippen LogP contribution in [0.5, 0.6) is 0 Å². The van der Waals surface area contributed by atoms with Crippen molar-refractivity contribution in [2.75, 3.05) is 0 Å². The fourth-order valence-corrected chi connectivity index (χ4v) is 2.38. The van der Waals surface area contributed by atoms with E-state index in [1.54, 1.807) is 12.1 Å². The van der Waals surface area contributed by atoms with Crippen LogP contribution in [0.15, 0.2) is 30.5 Å². The van der Waals surface area contributed by atoms with Gasteiger partial charge < -0.3 is 9.55 Å². The van der Waals surface area contributed by atoms with E-state index in [-0.39, 0.29) is 10.6 Å². The molecule has 1 aliphatic carbocycles. The van der Waals surface area contributed by atoms with Crippen LogP contribution < -0.4 is 0 Å². The van der Waals surface area contributed by atoms with Gasteiger partial charge in [0.05, 0.1) is 10.6 Å². The fraction of sp³-hybridized carbons (Fsp3) is 0.250. The molecule has 0 radical (unpaired) electrons. The van der Waals surface area contributed by atoms with Crippen LogP contribution in [0, 0.1) is 14.9 Å². The van der Waals surface area contributed by atoms with Crippen molar-refractivity contribution in [3.8, 4) is 11.3 Å². The van der Waals surface area contributed by atoms with Crippen LogP contribution in [0.25, 0.3) is 11.3 Å². The molecule has 0 spiro atoms. The summed E-state index contributed by atoms with van der Waals surface area (Å²) < 4.78 is 2.73. The van der Waals surface area contributed by atoms with Crippen molar-refractivity contribution in [3.63, 3.8) is 0 Å². The Bertz CT molecular complexity index is 670. The summed E-state index contributed by atoms with van der Waals surface area (Å²) in [7, 11) is 0. The number of H-pyrrole nitrogens is 1. The highest BCUT2D eigenvalue weighted by Crippen LogP contribution is 2.39. The topological polar surface area (TPSA) is 63.9 Å². The van der Waals surface area contributed by atoms with E-state index in [0.717, 1.165) is 24.1 Å². The van der Waals surface area contributed by atoms with E-state index in [1.165, 1.54) is 6.07 Å². The summed E-state index contributed by atoms with van der Waals surface area (Å²) in [4.78, 5) is 13.4. The Kier molecular flexibility index (Phi) is 2.52. The third-order valence-corrected chi connectivity index (χ3v) is 3.39. The van der Waals surface area contributed by atoms with E-state index in [9.17, 15) is 10.1 Å². The first kappa shape index (κ1) is 11.2. The van der Waals surface area contributed by atoms with Crippen LogP contribution in [-0.2, 0) is 0 Å². The second-order valence-corrected chi connectivity index (χ2v) is 4.77. The molecule has 1 saturated carbocycles. The SMILES string of the molecule is O=[N+]([O-])c1cccc(-c2c[nH]c(=S)n2C2CC2)c1. The molecule has 1 heterocycles. The molecule has 0 bridgehead atoms. The Morgan fingerprint density at radius 3 is 2.89 bits per heavy atom. The predicted octanol–water partition coefficient (Wildman–Crippen LogP) is 3.46. The van der Waals surface area contributed by atoms with Crippen molar-refractivity contribution >= 4 is 17.9 Å². The molecule has 1 aromatic heterocycles. The predicted molar refractivity (Wildman–Crippen MR) is 70.0 cm³/mol. The maximum absolute atomic E-state index is 10.8. The zero-order chi connectivity index (χ0) is 12.7. The number of nitrogens with zero attached hydrogens (tertiary/aromatic N) is 2. The minimum absolute atomic E-state index is 0.0990. The number of benzene rings is 1. The molecule has 0 unspecified atom stereocenters. The number of hydrogen-bond donors (Lipinski definition) is 1. The number of hydrogen-bond acceptors (Lipinski definition) is 3. The third kappa shape index (κ3) is 1.84. The van der Waals surface area contributed by atoms with Crippen molar-refractivity contribution in [2.45, 2.75) is 18.9 Å². The highest BCUT2D eigenvalue weighted by atomic mass is 32.1. The zero-order valence-corrected chi connectivity index (χ0v) is 10.3. The van der Waals surface area contributed by atoms with Crippen LogP contribution >= 0.6 is 12.2 Å². The molecule has 6 heteroatoms. The Morgan fingerprint density at radius 1 is 1.44 bits per heavy atom. The van der Waals surface area contributed by atoms with Gasteiger partial charge in [0, 0.05) is 29.9 Å². The lowest BCUT2D eigenvalue weighted by Crippen LogP contribution is -1.97. The Morgan fingerprint density at radius 2 is 2.22 bits per heavy atom. The van der Waals surface area contributed by atoms with E-state index in [0.29, 0.717) is 10.8 Å². The first-order valence-corrected chi connectivity index (χ1v) is 6.12. The monoisotopic (exact) mass is 261 g/mol. The minimum Gasteiger partial charge on any atom is -0.337 e. The van der Waals surface area contributed by atoms with Crippen LogP contribution in [0.4, 0.5) is 5.69 Å². The number of nitro benzene ring substituents is 1. The van der Waals surface area contributed by atoms with E-state index in [4.69, 9.17) is 12.2 Å². The molecule has 5 nitrogen and oxygen atoms in total. The normalized spacial score (nSPS) is 14.7. The van der Waals surface area contributed by atoms with Crippen molar-refractivity contribution in [1.29, 1.82) is 0 Å². The van der Waals surface area contributed by atoms with Gasteiger partial charge in [-0.1, -0.05) is 12.1 Å². The van der Waals surface area contributed by atoms with Gasteiger partial charge in [0.25, 0.3) is 5.69 Å². The van der Waals surface area contributed by atoms with E-state index < -0.39 is 0 Å². The van der Waals surface area contributed by atoms with Gasteiger partial charge in [0.15, 0.2) is 4.77 Å². The van der Waals surface area contributed by atoms with Gasteiger partial charge in [-0.05, 0) is 25.1 Å². The van der Waals surface area contributed by atoms with Crippen LogP contribution in [0.3, 0.4) is 0 Å². The summed E-state index contributed by atoms with van der Waals surface area (Å²) in [5, 5.41) is 10.8. The van der Waals surface area contributed by atoms with Gasteiger partial charge in [-0.3, -0.25) is 10.1 Å². The van der Waals surface area contributed by atoms with Crippen molar-refractivity contribution < 1.29 is 4.92 Å². The second kappa shape index (κ2) is 4.06.